The summed E-state index contributed by atoms with van der Waals surface area (Å²) in [6.07, 6.45) is 0.983. The number of benzene rings is 2. The predicted octanol–water partition coefficient (Wildman–Crippen LogP) is 2.99. The Labute approximate surface area is 140 Å². The maximum Gasteiger partial charge on any atom is 0.173 e. The van der Waals surface area contributed by atoms with Gasteiger partial charge in [-0.25, -0.2) is 4.68 Å². The molecule has 24 heavy (non-hydrogen) atoms. The second-order valence-electron chi connectivity index (χ2n) is 6.03. The zero-order chi connectivity index (χ0) is 16.5. The monoisotopic (exact) mass is 321 g/mol. The largest absolute Gasteiger partial charge is 0.493 e. The van der Waals surface area contributed by atoms with Crippen LogP contribution in [0, 0.1) is 0 Å². The van der Waals surface area contributed by atoms with Gasteiger partial charge in [0.05, 0.1) is 12.6 Å². The Balaban J connectivity index is 1.59. The molecule has 2 aromatic carbocycles. The van der Waals surface area contributed by atoms with Gasteiger partial charge in [0.25, 0.3) is 0 Å². The number of ether oxygens (including phenoxy) is 1. The first-order valence-corrected chi connectivity index (χ1v) is 8.05. The van der Waals surface area contributed by atoms with Crippen molar-refractivity contribution in [2.24, 2.45) is 7.05 Å². The number of fused-ring (bicyclic) bond motifs is 1. The highest BCUT2D eigenvalue weighted by Gasteiger charge is 2.14. The lowest BCUT2D eigenvalue weighted by molar-refractivity contribution is 0.357. The minimum Gasteiger partial charge on any atom is -0.493 e. The molecule has 6 heteroatoms. The fourth-order valence-electron chi connectivity index (χ4n) is 3.07. The van der Waals surface area contributed by atoms with E-state index in [2.05, 4.69) is 63.3 Å². The van der Waals surface area contributed by atoms with Crippen LogP contribution >= 0.6 is 0 Å². The molecule has 4 rings (SSSR count). The minimum absolute atomic E-state index is 0.0219. The average Bonchev–Trinajstić information content (AvgIpc) is 3.22. The summed E-state index contributed by atoms with van der Waals surface area (Å²) in [4.78, 5) is 0. The zero-order valence-corrected chi connectivity index (χ0v) is 13.7. The lowest BCUT2D eigenvalue weighted by Crippen LogP contribution is -2.12. The maximum atomic E-state index is 5.58. The number of tetrazole rings is 1. The molecule has 0 fully saturated rings. The highest BCUT2D eigenvalue weighted by molar-refractivity contribution is 5.70. The van der Waals surface area contributed by atoms with Crippen LogP contribution in [0.25, 0.3) is 11.1 Å². The van der Waals surface area contributed by atoms with E-state index >= 15 is 0 Å². The summed E-state index contributed by atoms with van der Waals surface area (Å²) in [6.45, 7) is 2.83. The molecule has 0 amide bonds. The molecule has 0 spiro atoms. The van der Waals surface area contributed by atoms with Gasteiger partial charge in [-0.2, -0.15) is 0 Å². The van der Waals surface area contributed by atoms with E-state index < -0.39 is 0 Å². The van der Waals surface area contributed by atoms with E-state index in [9.17, 15) is 0 Å². The lowest BCUT2D eigenvalue weighted by Gasteiger charge is -2.14. The molecule has 3 aromatic rings. The summed E-state index contributed by atoms with van der Waals surface area (Å²) in [5.74, 6) is 1.81. The Morgan fingerprint density at radius 1 is 1.17 bits per heavy atom. The lowest BCUT2D eigenvalue weighted by atomic mass is 10.0. The van der Waals surface area contributed by atoms with Gasteiger partial charge in [0.1, 0.15) is 5.75 Å². The SMILES string of the molecule is CC(Nc1cccc(-c2ccc3c(c2)CCO3)c1)c1nnnn1C. The minimum atomic E-state index is 0.0219. The first kappa shape index (κ1) is 14.7. The quantitative estimate of drug-likeness (QED) is 0.800. The standard InChI is InChI=1S/C18H19N5O/c1-12(18-20-21-22-23(18)2)19-16-5-3-4-13(11-16)14-6-7-17-15(10-14)8-9-24-17/h3-7,10-12,19H,8-9H2,1-2H3. The molecule has 1 aliphatic rings. The van der Waals surface area contributed by atoms with Crippen molar-refractivity contribution in [3.63, 3.8) is 0 Å². The van der Waals surface area contributed by atoms with Crippen LogP contribution in [0.3, 0.4) is 0 Å². The molecule has 0 aliphatic carbocycles. The number of nitrogens with zero attached hydrogens (tertiary/aromatic N) is 4. The van der Waals surface area contributed by atoms with E-state index in [1.165, 1.54) is 16.7 Å². The van der Waals surface area contributed by atoms with Gasteiger partial charge in [-0.05, 0) is 58.3 Å². The normalized spacial score (nSPS) is 14.1. The van der Waals surface area contributed by atoms with Crippen molar-refractivity contribution in [3.05, 3.63) is 53.9 Å². The molecule has 2 heterocycles. The van der Waals surface area contributed by atoms with Crippen molar-refractivity contribution in [2.75, 3.05) is 11.9 Å². The van der Waals surface area contributed by atoms with Crippen molar-refractivity contribution < 1.29 is 4.74 Å². The van der Waals surface area contributed by atoms with Crippen molar-refractivity contribution in [3.8, 4) is 16.9 Å². The predicted molar refractivity (Wildman–Crippen MR) is 91.9 cm³/mol. The second kappa shape index (κ2) is 5.96. The average molecular weight is 321 g/mol. The molecule has 122 valence electrons. The molecule has 1 unspecified atom stereocenters. The van der Waals surface area contributed by atoms with Crippen LogP contribution < -0.4 is 10.1 Å². The van der Waals surface area contributed by atoms with E-state index in [0.717, 1.165) is 30.3 Å². The molecule has 1 aliphatic heterocycles. The number of anilines is 1. The van der Waals surface area contributed by atoms with Gasteiger partial charge < -0.3 is 10.1 Å². The molecule has 1 aromatic heterocycles. The fraction of sp³-hybridized carbons (Fsp3) is 0.278. The first-order valence-electron chi connectivity index (χ1n) is 8.05. The fourth-order valence-corrected chi connectivity index (χ4v) is 3.07. The number of hydrogen-bond acceptors (Lipinski definition) is 5. The second-order valence-corrected chi connectivity index (χ2v) is 6.03. The number of aromatic nitrogens is 4. The Morgan fingerprint density at radius 3 is 2.88 bits per heavy atom. The van der Waals surface area contributed by atoms with E-state index in [-0.39, 0.29) is 6.04 Å². The van der Waals surface area contributed by atoms with Gasteiger partial charge in [-0.15, -0.1) is 5.10 Å². The third-order valence-electron chi connectivity index (χ3n) is 4.31. The summed E-state index contributed by atoms with van der Waals surface area (Å²) >= 11 is 0. The van der Waals surface area contributed by atoms with Gasteiger partial charge in [-0.3, -0.25) is 0 Å². The number of hydrogen-bond donors (Lipinski definition) is 1. The van der Waals surface area contributed by atoms with Gasteiger partial charge in [0.15, 0.2) is 5.82 Å². The van der Waals surface area contributed by atoms with Crippen molar-refractivity contribution in [1.82, 2.24) is 20.2 Å². The van der Waals surface area contributed by atoms with Gasteiger partial charge in [0.2, 0.25) is 0 Å². The Bertz CT molecular complexity index is 873. The Hall–Kier alpha value is -2.89. The van der Waals surface area contributed by atoms with Crippen LogP contribution in [-0.2, 0) is 13.5 Å². The summed E-state index contributed by atoms with van der Waals surface area (Å²) in [5.41, 5.74) is 4.71. The number of nitrogens with one attached hydrogen (secondary N) is 1. The summed E-state index contributed by atoms with van der Waals surface area (Å²) in [6, 6.07) is 14.8. The zero-order valence-electron chi connectivity index (χ0n) is 13.7. The third kappa shape index (κ3) is 2.71. The van der Waals surface area contributed by atoms with Crippen LogP contribution in [0.15, 0.2) is 42.5 Å². The van der Waals surface area contributed by atoms with E-state index in [4.69, 9.17) is 4.74 Å². The Morgan fingerprint density at radius 2 is 2.04 bits per heavy atom. The van der Waals surface area contributed by atoms with Crippen molar-refractivity contribution >= 4 is 5.69 Å². The van der Waals surface area contributed by atoms with Crippen molar-refractivity contribution in [2.45, 2.75) is 19.4 Å². The highest BCUT2D eigenvalue weighted by Crippen LogP contribution is 2.31. The van der Waals surface area contributed by atoms with E-state index in [1.807, 2.05) is 14.0 Å². The molecule has 0 bridgehead atoms. The van der Waals surface area contributed by atoms with Gasteiger partial charge >= 0.3 is 0 Å². The van der Waals surface area contributed by atoms with Crippen LogP contribution in [-0.4, -0.2) is 26.8 Å². The maximum absolute atomic E-state index is 5.58. The van der Waals surface area contributed by atoms with Gasteiger partial charge in [0, 0.05) is 19.2 Å². The Kier molecular flexibility index (Phi) is 3.65. The molecule has 0 radical (unpaired) electrons. The van der Waals surface area contributed by atoms with Crippen LogP contribution in [0.5, 0.6) is 5.75 Å². The van der Waals surface area contributed by atoms with Crippen LogP contribution in [0.1, 0.15) is 24.4 Å². The molecule has 0 saturated carbocycles. The number of rotatable bonds is 4. The molecule has 6 nitrogen and oxygen atoms in total. The summed E-state index contributed by atoms with van der Waals surface area (Å²) < 4.78 is 7.27. The smallest absolute Gasteiger partial charge is 0.173 e. The molecule has 1 N–H and O–H groups in total. The number of aryl methyl sites for hydroxylation is 1. The molecular formula is C18H19N5O. The first-order chi connectivity index (χ1) is 11.7. The molecule has 0 saturated heterocycles. The third-order valence-corrected chi connectivity index (χ3v) is 4.31. The van der Waals surface area contributed by atoms with Gasteiger partial charge in [-0.1, -0.05) is 18.2 Å². The molecule has 1 atom stereocenters. The van der Waals surface area contributed by atoms with E-state index in [1.54, 1.807) is 4.68 Å². The van der Waals surface area contributed by atoms with Crippen molar-refractivity contribution in [1.29, 1.82) is 0 Å². The van der Waals surface area contributed by atoms with Crippen LogP contribution in [0.2, 0.25) is 0 Å². The van der Waals surface area contributed by atoms with Crippen LogP contribution in [0.4, 0.5) is 5.69 Å². The summed E-state index contributed by atoms with van der Waals surface area (Å²) in [5, 5.41) is 15.1. The molecular weight excluding hydrogens is 302 g/mol. The van der Waals surface area contributed by atoms with E-state index in [0.29, 0.717) is 0 Å². The topological polar surface area (TPSA) is 64.9 Å². The summed E-state index contributed by atoms with van der Waals surface area (Å²) in [7, 11) is 1.84. The highest BCUT2D eigenvalue weighted by atomic mass is 16.5.